The molecule has 0 bridgehead atoms. The fourth-order valence-electron chi connectivity index (χ4n) is 2.63. The molecular weight excluding hydrogens is 402 g/mol. The minimum atomic E-state index is -0.310. The van der Waals surface area contributed by atoms with Crippen LogP contribution in [0.1, 0.15) is 34.1 Å². The van der Waals surface area contributed by atoms with Gasteiger partial charge in [-0.2, -0.15) is 0 Å². The van der Waals surface area contributed by atoms with Gasteiger partial charge in [-0.25, -0.2) is 9.37 Å². The second kappa shape index (κ2) is 6.39. The first-order valence-electron chi connectivity index (χ1n) is 6.79. The summed E-state index contributed by atoms with van der Waals surface area (Å²) in [6, 6.07) is 4.32. The van der Waals surface area contributed by atoms with Gasteiger partial charge in [-0.15, -0.1) is 11.3 Å². The Kier molecular flexibility index (Phi) is 4.54. The van der Waals surface area contributed by atoms with Crippen molar-refractivity contribution in [3.05, 3.63) is 49.7 Å². The Labute approximate surface area is 140 Å². The van der Waals surface area contributed by atoms with Crippen LogP contribution in [0, 0.1) is 9.39 Å². The highest BCUT2D eigenvalue weighted by atomic mass is 127. The summed E-state index contributed by atoms with van der Waals surface area (Å²) >= 11 is 3.66. The van der Waals surface area contributed by atoms with Crippen LogP contribution in [0.2, 0.25) is 0 Å². The summed E-state index contributed by atoms with van der Waals surface area (Å²) in [6.45, 7) is 1.45. The fourth-order valence-corrected chi connectivity index (χ4v) is 4.11. The lowest BCUT2D eigenvalue weighted by Crippen LogP contribution is -2.39. The smallest absolute Gasteiger partial charge is 0.254 e. The number of hydrogen-bond donors (Lipinski definition) is 0. The Morgan fingerprint density at radius 2 is 2.33 bits per heavy atom. The number of aromatic nitrogens is 1. The zero-order chi connectivity index (χ0) is 14.8. The van der Waals surface area contributed by atoms with E-state index < -0.39 is 0 Å². The van der Waals surface area contributed by atoms with E-state index in [1.807, 2.05) is 39.1 Å². The Hall–Kier alpha value is -1.02. The number of hydrogen-bond acceptors (Lipinski definition) is 3. The van der Waals surface area contributed by atoms with Crippen molar-refractivity contribution in [2.45, 2.75) is 18.8 Å². The van der Waals surface area contributed by atoms with Crippen LogP contribution in [0.5, 0.6) is 0 Å². The van der Waals surface area contributed by atoms with Crippen molar-refractivity contribution in [2.24, 2.45) is 0 Å². The maximum absolute atomic E-state index is 13.2. The van der Waals surface area contributed by atoms with Crippen molar-refractivity contribution in [1.29, 1.82) is 0 Å². The van der Waals surface area contributed by atoms with Crippen molar-refractivity contribution in [3.63, 3.8) is 0 Å². The van der Waals surface area contributed by atoms with Gasteiger partial charge >= 0.3 is 0 Å². The molecule has 1 atom stereocenters. The molecule has 0 saturated carbocycles. The van der Waals surface area contributed by atoms with Crippen molar-refractivity contribution in [2.75, 3.05) is 13.1 Å². The molecular formula is C15H14FIN2OS. The third-order valence-corrected chi connectivity index (χ3v) is 5.50. The van der Waals surface area contributed by atoms with Crippen molar-refractivity contribution in [3.8, 4) is 0 Å². The predicted molar refractivity (Wildman–Crippen MR) is 89.1 cm³/mol. The van der Waals surface area contributed by atoms with E-state index in [1.165, 1.54) is 12.1 Å². The van der Waals surface area contributed by atoms with Gasteiger partial charge in [-0.05, 0) is 53.6 Å². The number of nitrogens with zero attached hydrogens (tertiary/aromatic N) is 2. The maximum Gasteiger partial charge on any atom is 0.254 e. The molecule has 1 fully saturated rings. The highest BCUT2D eigenvalue weighted by Crippen LogP contribution is 2.29. The molecule has 2 aromatic rings. The van der Waals surface area contributed by atoms with Gasteiger partial charge in [0, 0.05) is 34.2 Å². The molecule has 0 aliphatic carbocycles. The molecule has 110 valence electrons. The Morgan fingerprint density at radius 1 is 1.48 bits per heavy atom. The highest BCUT2D eigenvalue weighted by Gasteiger charge is 2.27. The Balaban J connectivity index is 1.78. The molecule has 1 saturated heterocycles. The molecule has 1 aromatic heterocycles. The van der Waals surface area contributed by atoms with Crippen LogP contribution < -0.4 is 0 Å². The van der Waals surface area contributed by atoms with Gasteiger partial charge in [0.25, 0.3) is 5.91 Å². The topological polar surface area (TPSA) is 33.2 Å². The van der Waals surface area contributed by atoms with Gasteiger partial charge in [0.15, 0.2) is 0 Å². The predicted octanol–water partition coefficient (Wildman–Crippen LogP) is 3.91. The second-order valence-electron chi connectivity index (χ2n) is 5.08. The van der Waals surface area contributed by atoms with Crippen LogP contribution in [0.3, 0.4) is 0 Å². The van der Waals surface area contributed by atoms with Gasteiger partial charge < -0.3 is 4.90 Å². The molecule has 0 spiro atoms. The van der Waals surface area contributed by atoms with E-state index >= 15 is 0 Å². The summed E-state index contributed by atoms with van der Waals surface area (Å²) in [5, 5.41) is 3.07. The number of thiazole rings is 1. The molecule has 1 aliphatic rings. The highest BCUT2D eigenvalue weighted by molar-refractivity contribution is 14.1. The van der Waals surface area contributed by atoms with Gasteiger partial charge in [0.2, 0.25) is 0 Å². The molecule has 0 N–H and O–H groups in total. The lowest BCUT2D eigenvalue weighted by molar-refractivity contribution is 0.0706. The van der Waals surface area contributed by atoms with E-state index in [1.54, 1.807) is 17.4 Å². The van der Waals surface area contributed by atoms with E-state index in [-0.39, 0.29) is 11.7 Å². The normalized spacial score (nSPS) is 18.8. The van der Waals surface area contributed by atoms with Crippen LogP contribution in [0.4, 0.5) is 4.39 Å². The van der Waals surface area contributed by atoms with Crippen LogP contribution in [0.15, 0.2) is 29.8 Å². The molecule has 21 heavy (non-hydrogen) atoms. The standard InChI is InChI=1S/C15H14FIN2OS/c16-11-3-4-12(13(17)8-11)15(20)19-6-1-2-10(9-19)14-18-5-7-21-14/h3-5,7-8,10H,1-2,6,9H2. The zero-order valence-corrected chi connectivity index (χ0v) is 14.2. The average Bonchev–Trinajstić information content (AvgIpc) is 3.01. The number of likely N-dealkylation sites (tertiary alicyclic amines) is 1. The van der Waals surface area contributed by atoms with E-state index in [4.69, 9.17) is 0 Å². The van der Waals surface area contributed by atoms with Crippen molar-refractivity contribution < 1.29 is 9.18 Å². The van der Waals surface area contributed by atoms with Crippen LogP contribution in [0.25, 0.3) is 0 Å². The van der Waals surface area contributed by atoms with E-state index in [9.17, 15) is 9.18 Å². The first-order valence-corrected chi connectivity index (χ1v) is 8.74. The molecule has 1 amide bonds. The lowest BCUT2D eigenvalue weighted by atomic mass is 9.98. The van der Waals surface area contributed by atoms with Crippen molar-refractivity contribution in [1.82, 2.24) is 9.88 Å². The number of rotatable bonds is 2. The van der Waals surface area contributed by atoms with Gasteiger partial charge in [-0.1, -0.05) is 0 Å². The zero-order valence-electron chi connectivity index (χ0n) is 11.3. The number of carbonyl (C=O) groups is 1. The summed E-state index contributed by atoms with van der Waals surface area (Å²) in [5.74, 6) is -0.00304. The quantitative estimate of drug-likeness (QED) is 0.696. The number of amides is 1. The maximum atomic E-state index is 13.2. The third-order valence-electron chi connectivity index (χ3n) is 3.67. The summed E-state index contributed by atoms with van der Waals surface area (Å²) in [6.07, 6.45) is 3.86. The third kappa shape index (κ3) is 3.26. The second-order valence-corrected chi connectivity index (χ2v) is 7.17. The minimum Gasteiger partial charge on any atom is -0.338 e. The van der Waals surface area contributed by atoms with Crippen LogP contribution in [-0.2, 0) is 0 Å². The summed E-state index contributed by atoms with van der Waals surface area (Å²) in [5.41, 5.74) is 0.580. The molecule has 2 heterocycles. The summed E-state index contributed by atoms with van der Waals surface area (Å²) in [4.78, 5) is 18.9. The number of piperidine rings is 1. The average molecular weight is 416 g/mol. The number of benzene rings is 1. The first kappa shape index (κ1) is 14.9. The largest absolute Gasteiger partial charge is 0.338 e. The molecule has 1 aromatic carbocycles. The van der Waals surface area contributed by atoms with Gasteiger partial charge in [0.05, 0.1) is 10.6 Å². The van der Waals surface area contributed by atoms with Crippen LogP contribution >= 0.6 is 33.9 Å². The molecule has 0 radical (unpaired) electrons. The fraction of sp³-hybridized carbons (Fsp3) is 0.333. The van der Waals surface area contributed by atoms with Gasteiger partial charge in [-0.3, -0.25) is 4.79 Å². The van der Waals surface area contributed by atoms with E-state index in [0.29, 0.717) is 21.6 Å². The summed E-state index contributed by atoms with van der Waals surface area (Å²) in [7, 11) is 0. The lowest BCUT2D eigenvalue weighted by Gasteiger charge is -2.32. The molecule has 1 aliphatic heterocycles. The van der Waals surface area contributed by atoms with Crippen LogP contribution in [-0.4, -0.2) is 28.9 Å². The van der Waals surface area contributed by atoms with Gasteiger partial charge in [0.1, 0.15) is 5.82 Å². The Bertz CT molecular complexity index is 647. The monoisotopic (exact) mass is 416 g/mol. The van der Waals surface area contributed by atoms with E-state index in [2.05, 4.69) is 4.98 Å². The van der Waals surface area contributed by atoms with Crippen molar-refractivity contribution >= 4 is 39.8 Å². The molecule has 6 heteroatoms. The number of carbonyl (C=O) groups excluding carboxylic acids is 1. The first-order chi connectivity index (χ1) is 10.1. The minimum absolute atomic E-state index is 0.0133. The Morgan fingerprint density at radius 3 is 3.05 bits per heavy atom. The number of halogens is 2. The summed E-state index contributed by atoms with van der Waals surface area (Å²) < 4.78 is 13.8. The van der Waals surface area contributed by atoms with E-state index in [0.717, 1.165) is 24.4 Å². The molecule has 1 unspecified atom stereocenters. The SMILES string of the molecule is O=C(c1ccc(F)cc1I)N1CCCC(c2nccs2)C1. The molecule has 3 rings (SSSR count). The molecule has 3 nitrogen and oxygen atoms in total.